The van der Waals surface area contributed by atoms with E-state index in [0.717, 1.165) is 12.8 Å². The average molecular weight is 293 g/mol. The van der Waals surface area contributed by atoms with Crippen molar-refractivity contribution in [3.8, 4) is 0 Å². The van der Waals surface area contributed by atoms with Crippen LogP contribution in [0.1, 0.15) is 42.2 Å². The Morgan fingerprint density at radius 3 is 2.81 bits per heavy atom. The Balaban J connectivity index is 1.68. The van der Waals surface area contributed by atoms with Crippen molar-refractivity contribution in [3.05, 3.63) is 18.0 Å². The number of nitrogens with zero attached hydrogens (tertiary/aromatic N) is 3. The highest BCUT2D eigenvalue weighted by Crippen LogP contribution is 2.28. The summed E-state index contributed by atoms with van der Waals surface area (Å²) in [5, 5.41) is 13.3. The van der Waals surface area contributed by atoms with E-state index in [9.17, 15) is 9.59 Å². The van der Waals surface area contributed by atoms with Crippen LogP contribution < -0.4 is 0 Å². The summed E-state index contributed by atoms with van der Waals surface area (Å²) in [7, 11) is 0. The minimum Gasteiger partial charge on any atom is -0.479 e. The maximum absolute atomic E-state index is 12.4. The summed E-state index contributed by atoms with van der Waals surface area (Å²) in [6.07, 6.45) is 5.52. The molecule has 1 atom stereocenters. The van der Waals surface area contributed by atoms with Crippen LogP contribution in [0.25, 0.3) is 0 Å². The van der Waals surface area contributed by atoms with E-state index >= 15 is 0 Å². The van der Waals surface area contributed by atoms with Gasteiger partial charge in [-0.15, -0.1) is 0 Å². The van der Waals surface area contributed by atoms with Crippen molar-refractivity contribution in [1.82, 2.24) is 14.7 Å². The molecule has 7 nitrogen and oxygen atoms in total. The molecule has 1 aromatic rings. The molecule has 1 amide bonds. The van der Waals surface area contributed by atoms with E-state index in [1.165, 1.54) is 17.7 Å². The molecule has 1 saturated heterocycles. The number of hydrogen-bond donors (Lipinski definition) is 1. The summed E-state index contributed by atoms with van der Waals surface area (Å²) in [5.41, 5.74) is 0.382. The van der Waals surface area contributed by atoms with Crippen molar-refractivity contribution >= 4 is 11.9 Å². The lowest BCUT2D eigenvalue weighted by Crippen LogP contribution is -2.48. The van der Waals surface area contributed by atoms with E-state index in [-0.39, 0.29) is 19.1 Å². The molecule has 2 aliphatic rings. The smallest absolute Gasteiger partial charge is 0.334 e. The molecule has 1 N–H and O–H groups in total. The first-order chi connectivity index (χ1) is 10.1. The molecule has 0 spiro atoms. The van der Waals surface area contributed by atoms with Gasteiger partial charge in [0.2, 0.25) is 0 Å². The number of aliphatic carboxylic acids is 1. The molecule has 1 aliphatic carbocycles. The van der Waals surface area contributed by atoms with Gasteiger partial charge in [-0.25, -0.2) is 4.79 Å². The largest absolute Gasteiger partial charge is 0.479 e. The lowest BCUT2D eigenvalue weighted by Gasteiger charge is -2.30. The number of carboxylic acid groups (broad SMARTS) is 1. The molecule has 7 heteroatoms. The van der Waals surface area contributed by atoms with Gasteiger partial charge < -0.3 is 14.7 Å². The second-order valence-electron chi connectivity index (χ2n) is 5.57. The summed E-state index contributed by atoms with van der Waals surface area (Å²) in [6, 6.07) is 2.11. The highest BCUT2D eigenvalue weighted by atomic mass is 16.5. The third-order valence-corrected chi connectivity index (χ3v) is 4.16. The fraction of sp³-hybridized carbons (Fsp3) is 0.643. The van der Waals surface area contributed by atoms with Crippen molar-refractivity contribution in [2.24, 2.45) is 0 Å². The zero-order valence-electron chi connectivity index (χ0n) is 11.8. The fourth-order valence-corrected chi connectivity index (χ4v) is 2.97. The number of amides is 1. The van der Waals surface area contributed by atoms with Crippen LogP contribution in [0, 0.1) is 0 Å². The summed E-state index contributed by atoms with van der Waals surface area (Å²) < 4.78 is 6.99. The topological polar surface area (TPSA) is 84.7 Å². The molecule has 1 aliphatic heterocycles. The number of rotatable bonds is 3. The van der Waals surface area contributed by atoms with Gasteiger partial charge in [0.15, 0.2) is 6.10 Å². The molecule has 0 unspecified atom stereocenters. The normalized spacial score (nSPS) is 23.4. The number of hydrogen-bond acceptors (Lipinski definition) is 4. The Morgan fingerprint density at radius 2 is 2.10 bits per heavy atom. The van der Waals surface area contributed by atoms with Crippen LogP contribution in [0.3, 0.4) is 0 Å². The van der Waals surface area contributed by atoms with Crippen molar-refractivity contribution in [1.29, 1.82) is 0 Å². The number of morpholine rings is 1. The second-order valence-corrected chi connectivity index (χ2v) is 5.57. The Hall–Kier alpha value is -1.89. The van der Waals surface area contributed by atoms with Gasteiger partial charge in [-0.05, 0) is 18.9 Å². The summed E-state index contributed by atoms with van der Waals surface area (Å²) >= 11 is 0. The Morgan fingerprint density at radius 1 is 1.33 bits per heavy atom. The molecule has 0 radical (unpaired) electrons. The van der Waals surface area contributed by atoms with Crippen molar-refractivity contribution in [2.45, 2.75) is 37.8 Å². The number of ether oxygens (including phenoxy) is 1. The maximum atomic E-state index is 12.4. The molecule has 0 bridgehead atoms. The van der Waals surface area contributed by atoms with E-state index in [0.29, 0.717) is 18.3 Å². The first-order valence-electron chi connectivity index (χ1n) is 7.34. The Labute approximate surface area is 122 Å². The molecule has 1 saturated carbocycles. The van der Waals surface area contributed by atoms with Crippen LogP contribution in [0.15, 0.2) is 12.3 Å². The van der Waals surface area contributed by atoms with Gasteiger partial charge in [0, 0.05) is 12.7 Å². The Bertz CT molecular complexity index is 536. The van der Waals surface area contributed by atoms with E-state index in [4.69, 9.17) is 9.84 Å². The first kappa shape index (κ1) is 14.1. The van der Waals surface area contributed by atoms with Crippen LogP contribution in [0.5, 0.6) is 0 Å². The van der Waals surface area contributed by atoms with E-state index in [1.807, 2.05) is 10.9 Å². The maximum Gasteiger partial charge on any atom is 0.334 e. The van der Waals surface area contributed by atoms with Crippen molar-refractivity contribution < 1.29 is 19.4 Å². The molecule has 21 heavy (non-hydrogen) atoms. The SMILES string of the molecule is O=C(O)[C@H]1CN(C(=O)c2ccn(C3CCCC3)n2)CCO1. The van der Waals surface area contributed by atoms with Crippen LogP contribution in [-0.4, -0.2) is 57.5 Å². The van der Waals surface area contributed by atoms with Crippen LogP contribution in [0.2, 0.25) is 0 Å². The van der Waals surface area contributed by atoms with Crippen LogP contribution in [0.4, 0.5) is 0 Å². The molecule has 0 aromatic carbocycles. The lowest BCUT2D eigenvalue weighted by molar-refractivity contribution is -0.154. The zero-order chi connectivity index (χ0) is 14.8. The van der Waals surface area contributed by atoms with Gasteiger partial charge in [0.1, 0.15) is 5.69 Å². The number of carboxylic acids is 1. The highest BCUT2D eigenvalue weighted by Gasteiger charge is 2.30. The first-order valence-corrected chi connectivity index (χ1v) is 7.34. The van der Waals surface area contributed by atoms with Gasteiger partial charge in [-0.2, -0.15) is 5.10 Å². The van der Waals surface area contributed by atoms with Gasteiger partial charge in [0.25, 0.3) is 5.91 Å². The molecule has 1 aromatic heterocycles. The quantitative estimate of drug-likeness (QED) is 0.896. The second kappa shape index (κ2) is 5.85. The lowest BCUT2D eigenvalue weighted by atomic mass is 10.2. The van der Waals surface area contributed by atoms with Crippen LogP contribution >= 0.6 is 0 Å². The van der Waals surface area contributed by atoms with Gasteiger partial charge >= 0.3 is 5.97 Å². The fourth-order valence-electron chi connectivity index (χ4n) is 2.97. The van der Waals surface area contributed by atoms with Crippen molar-refractivity contribution in [3.63, 3.8) is 0 Å². The molecular formula is C14H19N3O4. The van der Waals surface area contributed by atoms with E-state index in [2.05, 4.69) is 5.10 Å². The predicted molar refractivity (Wildman–Crippen MR) is 73.0 cm³/mol. The monoisotopic (exact) mass is 293 g/mol. The molecule has 2 fully saturated rings. The average Bonchev–Trinajstić information content (AvgIpc) is 3.17. The number of aromatic nitrogens is 2. The van der Waals surface area contributed by atoms with Gasteiger partial charge in [0.05, 0.1) is 19.2 Å². The predicted octanol–water partition coefficient (Wildman–Crippen LogP) is 0.924. The minimum absolute atomic E-state index is 0.0739. The zero-order valence-corrected chi connectivity index (χ0v) is 11.8. The third kappa shape index (κ3) is 2.92. The highest BCUT2D eigenvalue weighted by molar-refractivity contribution is 5.92. The van der Waals surface area contributed by atoms with E-state index < -0.39 is 12.1 Å². The van der Waals surface area contributed by atoms with Gasteiger partial charge in [-0.3, -0.25) is 9.48 Å². The molecule has 3 rings (SSSR count). The number of carbonyl (C=O) groups is 2. The van der Waals surface area contributed by atoms with Crippen molar-refractivity contribution in [2.75, 3.05) is 19.7 Å². The number of carbonyl (C=O) groups excluding carboxylic acids is 1. The molecular weight excluding hydrogens is 274 g/mol. The van der Waals surface area contributed by atoms with E-state index in [1.54, 1.807) is 6.07 Å². The molecule has 2 heterocycles. The summed E-state index contributed by atoms with van der Waals surface area (Å²) in [6.45, 7) is 0.718. The summed E-state index contributed by atoms with van der Waals surface area (Å²) in [4.78, 5) is 24.9. The molecule has 114 valence electrons. The van der Waals surface area contributed by atoms with Gasteiger partial charge in [-0.1, -0.05) is 12.8 Å². The minimum atomic E-state index is -1.04. The standard InChI is InChI=1S/C14H19N3O4/c18-13(16-7-8-21-12(9-16)14(19)20)11-5-6-17(15-11)10-3-1-2-4-10/h5-6,10,12H,1-4,7-9H2,(H,19,20)/t12-/m1/s1. The third-order valence-electron chi connectivity index (χ3n) is 4.16. The van der Waals surface area contributed by atoms with Crippen LogP contribution in [-0.2, 0) is 9.53 Å². The summed E-state index contributed by atoms with van der Waals surface area (Å²) in [5.74, 6) is -1.26. The Kier molecular flexibility index (Phi) is 3.92.